The van der Waals surface area contributed by atoms with E-state index in [1.54, 1.807) is 13.8 Å². The number of alkyl halides is 38. The largest absolute Gasteiger partial charge is 0.428 e. The lowest BCUT2D eigenvalue weighted by Crippen LogP contribution is -2.51. The number of hydrogen-bond donors (Lipinski definition) is 0. The van der Waals surface area contributed by atoms with Crippen LogP contribution in [0, 0.1) is 51.8 Å². The normalized spacial score (nSPS) is 14.7. The zero-order valence-electron chi connectivity index (χ0n) is 71.2. The number of rotatable bonds is 8. The molecule has 0 aromatic rings. The van der Waals surface area contributed by atoms with Gasteiger partial charge in [0.25, 0.3) is 23.4 Å². The molecule has 0 bridgehead atoms. The minimum Gasteiger partial charge on any atom is -0.245 e. The fraction of sp³-hybridized carbons (Fsp3) is 1.00. The van der Waals surface area contributed by atoms with Gasteiger partial charge in [0, 0.05) is 25.7 Å². The molecule has 0 fully saturated rings. The number of hydrogen-bond acceptors (Lipinski definition) is 0. The highest BCUT2D eigenvalue weighted by Crippen LogP contribution is 2.45. The summed E-state index contributed by atoms with van der Waals surface area (Å²) in [6.07, 6.45) is -34.4. The molecule has 0 aromatic carbocycles. The van der Waals surface area contributed by atoms with Gasteiger partial charge in [-0.15, -0.1) is 0 Å². The molecule has 0 unspecified atom stereocenters. The molecule has 0 N–H and O–H groups in total. The summed E-state index contributed by atoms with van der Waals surface area (Å²) >= 11 is 0. The first-order valence-corrected chi connectivity index (χ1v) is 33.6. The first kappa shape index (κ1) is 141. The minimum absolute atomic E-state index is 0.111. The monoisotopic (exact) mass is 1710 g/mol. The van der Waals surface area contributed by atoms with Gasteiger partial charge in [0.2, 0.25) is 11.6 Å². The maximum Gasteiger partial charge on any atom is 0.428 e. The van der Waals surface area contributed by atoms with E-state index in [0.29, 0.717) is 46.5 Å². The third-order valence-corrected chi connectivity index (χ3v) is 11.8. The molecule has 0 saturated heterocycles. The summed E-state index contributed by atoms with van der Waals surface area (Å²) in [5.41, 5.74) is -17.5. The lowest BCUT2D eigenvalue weighted by molar-refractivity contribution is -0.289. The number of halogens is 38. The van der Waals surface area contributed by atoms with Crippen molar-refractivity contribution in [3.05, 3.63) is 0 Å². The van der Waals surface area contributed by atoms with Crippen LogP contribution in [-0.4, -0.2) is 107 Å². The maximum atomic E-state index is 12.2. The van der Waals surface area contributed by atoms with Gasteiger partial charge in [0.15, 0.2) is 11.3 Å². The molecule has 0 aromatic heterocycles. The molecule has 109 heavy (non-hydrogen) atoms. The molecule has 0 amide bonds. The Labute approximate surface area is 627 Å². The van der Waals surface area contributed by atoms with E-state index in [-0.39, 0.29) is 27.2 Å². The second-order valence-corrected chi connectivity index (χ2v) is 32.8. The Morgan fingerprint density at radius 1 is 0.248 bits per heavy atom. The van der Waals surface area contributed by atoms with E-state index in [0.717, 1.165) is 94.9 Å². The SMILES string of the molecule is CC(C)(C)C.CC(C)(C)C(F)(F)F.CC(C)(C)C(F)(F)F.CC(C)(C)F.CC(C)(F)C(C)(F)F.CC(C)(F)C(F)(F)F.CC(C)C.CC(C)C(C)(F)F.CC(C)C(F)(F)F.CC(F)(F)[C@@](C)(F)C(F)(F)F.CCC(C)(C)F.CCC(C)C.CC[C@@](C)(F)C(F)(F)F.CC[C@H](C)C(F)(F)F.C[C@@H](C(C)(F)F)C(F)(F)F. The smallest absolute Gasteiger partial charge is 0.245 e. The Bertz CT molecular complexity index is 1820. The predicted octanol–water partition coefficient (Wildman–Crippen LogP) is 35.1. The third kappa shape index (κ3) is 112. The average Bonchev–Trinajstić information content (AvgIpc) is 0.790. The molecule has 0 heterocycles. The van der Waals surface area contributed by atoms with Gasteiger partial charge in [-0.2, -0.15) is 105 Å². The zero-order valence-corrected chi connectivity index (χ0v) is 71.2. The molecule has 0 aliphatic rings. The average molecular weight is 1710 g/mol. The summed E-state index contributed by atoms with van der Waals surface area (Å²) in [4.78, 5) is 0. The highest BCUT2D eigenvalue weighted by Gasteiger charge is 2.65. The highest BCUT2D eigenvalue weighted by atomic mass is 19.4. The van der Waals surface area contributed by atoms with E-state index < -0.39 is 148 Å². The lowest BCUT2D eigenvalue weighted by Gasteiger charge is -2.28. The molecule has 38 heteroatoms. The summed E-state index contributed by atoms with van der Waals surface area (Å²) in [6, 6.07) is 0. The summed E-state index contributed by atoms with van der Waals surface area (Å²) in [7, 11) is 0. The Kier molecular flexibility index (Phi) is 70.4. The van der Waals surface area contributed by atoms with Crippen molar-refractivity contribution in [3.63, 3.8) is 0 Å². The lowest BCUT2D eigenvalue weighted by atomic mass is 9.96. The Morgan fingerprint density at radius 2 is 0.422 bits per heavy atom. The highest BCUT2D eigenvalue weighted by molar-refractivity contribution is 4.93. The molecule has 0 saturated carbocycles. The Hall–Kier alpha value is -2.66. The van der Waals surface area contributed by atoms with Gasteiger partial charge in [-0.3, -0.25) is 0 Å². The van der Waals surface area contributed by atoms with E-state index >= 15 is 0 Å². The fourth-order valence-corrected chi connectivity index (χ4v) is 0.968. The Balaban J connectivity index is -0.0000000672. The van der Waals surface area contributed by atoms with E-state index in [1.165, 1.54) is 54.9 Å². The van der Waals surface area contributed by atoms with Crippen LogP contribution >= 0.6 is 0 Å². The topological polar surface area (TPSA) is 0 Å². The van der Waals surface area contributed by atoms with E-state index in [4.69, 9.17) is 0 Å². The van der Waals surface area contributed by atoms with E-state index in [2.05, 4.69) is 69.2 Å². The summed E-state index contributed by atoms with van der Waals surface area (Å²) in [5, 5.41) is 0. The standard InChI is InChI=1S/C5H6F6.C5H7F5.C5H8F4.4C5H9F3.C5H10F2.C5H11F.2C5H12.C4H6F4.C4H7F3.C4H9F.C4H10/c1-3(6,4(2,7)8)5(9,10)11;1-3(4(2,6)7)5(8,9)10;1-3-4(2,6)5(7,8)9;1-4(2,6)5(3,7)8;2*1-4(2,3)5(6,7)8;1-3-4(2)5(6,7)8;1-4(2)5(3,6)7;1-4-5(2,3)6;1-5(2,3)4;1-4-5(2)3;1-3(2,5)4(6,7)8;1-3(2)4(5,6)7;1-4(2,3)5;1-4(2)3/h1-2H3;3H,1-2H3;3H2,1-2H3;3*1-3H3;4H,3H2,1-2H3;4H,1-3H3;4H2,1-3H3;1-4H3;5H,4H2,1-3H3;1-2H3;3H,1-2H3;1-3H3;4H,1-3H3/t2*3-;4-;;;;4-;;;;;;;;/m101...0......../s1. The molecule has 0 radical (unpaired) electrons. The van der Waals surface area contributed by atoms with Crippen LogP contribution < -0.4 is 0 Å². The van der Waals surface area contributed by atoms with Gasteiger partial charge in [0.05, 0.1) is 16.7 Å². The Morgan fingerprint density at radius 3 is 0.422 bits per heavy atom. The first-order chi connectivity index (χ1) is 45.4. The molecule has 0 nitrogen and oxygen atoms in total. The van der Waals surface area contributed by atoms with Crippen LogP contribution in [0.4, 0.5) is 167 Å². The van der Waals surface area contributed by atoms with Crippen LogP contribution in [0.3, 0.4) is 0 Å². The first-order valence-electron chi connectivity index (χ1n) is 33.6. The minimum atomic E-state index is -5.54. The third-order valence-electron chi connectivity index (χ3n) is 11.8. The fourth-order valence-electron chi connectivity index (χ4n) is 0.968. The molecule has 684 valence electrons. The predicted molar refractivity (Wildman–Crippen MR) is 365 cm³/mol. The van der Waals surface area contributed by atoms with Gasteiger partial charge >= 0.3 is 49.4 Å². The van der Waals surface area contributed by atoms with Crippen LogP contribution in [-0.2, 0) is 0 Å². The molecule has 0 aliphatic carbocycles. The van der Waals surface area contributed by atoms with Crippen molar-refractivity contribution >= 4 is 0 Å². The van der Waals surface area contributed by atoms with Crippen LogP contribution in [0.5, 0.6) is 0 Å². The van der Waals surface area contributed by atoms with Crippen molar-refractivity contribution in [3.8, 4) is 0 Å². The zero-order chi connectivity index (χ0) is 94.8. The van der Waals surface area contributed by atoms with Gasteiger partial charge in [0.1, 0.15) is 17.3 Å². The van der Waals surface area contributed by atoms with Crippen LogP contribution in [0.25, 0.3) is 0 Å². The van der Waals surface area contributed by atoms with E-state index in [1.807, 2.05) is 6.92 Å². The van der Waals surface area contributed by atoms with Crippen LogP contribution in [0.1, 0.15) is 303 Å². The summed E-state index contributed by atoms with van der Waals surface area (Å²) in [6.45, 7) is 52.5. The molecular formula is C71H134F38. The van der Waals surface area contributed by atoms with Gasteiger partial charge in [-0.25, -0.2) is 61.5 Å². The van der Waals surface area contributed by atoms with Crippen LogP contribution in [0.2, 0.25) is 0 Å². The summed E-state index contributed by atoms with van der Waals surface area (Å²) in [5.74, 6) is -17.6. The van der Waals surface area contributed by atoms with Gasteiger partial charge in [-0.1, -0.05) is 173 Å². The van der Waals surface area contributed by atoms with E-state index in [9.17, 15) is 167 Å². The second kappa shape index (κ2) is 54.3. The molecule has 0 aliphatic heterocycles. The van der Waals surface area contributed by atoms with Crippen molar-refractivity contribution in [1.29, 1.82) is 0 Å². The molecule has 0 spiro atoms. The van der Waals surface area contributed by atoms with Gasteiger partial charge in [-0.05, 0) is 133 Å². The molecule has 4 atom stereocenters. The molecular weight excluding hydrogens is 1570 g/mol. The van der Waals surface area contributed by atoms with Crippen molar-refractivity contribution in [1.82, 2.24) is 0 Å². The van der Waals surface area contributed by atoms with Crippen molar-refractivity contribution in [2.45, 2.75) is 410 Å². The van der Waals surface area contributed by atoms with Crippen molar-refractivity contribution < 1.29 is 167 Å². The summed E-state index contributed by atoms with van der Waals surface area (Å²) < 4.78 is 441. The van der Waals surface area contributed by atoms with Crippen molar-refractivity contribution in [2.24, 2.45) is 51.8 Å². The van der Waals surface area contributed by atoms with Crippen molar-refractivity contribution in [2.75, 3.05) is 0 Å². The molecule has 0 rings (SSSR count). The van der Waals surface area contributed by atoms with Gasteiger partial charge < -0.3 is 0 Å². The quantitative estimate of drug-likeness (QED) is 0.213. The van der Waals surface area contributed by atoms with Crippen LogP contribution in [0.15, 0.2) is 0 Å². The maximum absolute atomic E-state index is 12.2. The second-order valence-electron chi connectivity index (χ2n) is 32.8.